The number of rotatable bonds is 4. The summed E-state index contributed by atoms with van der Waals surface area (Å²) in [6.45, 7) is 0. The number of aromatic nitrogens is 2. The largest absolute Gasteiger partial charge is 0.507 e. The lowest BCUT2D eigenvalue weighted by Crippen LogP contribution is -2.12. The normalized spacial score (nSPS) is 10.3. The number of benzene rings is 2. The average molecular weight is 309 g/mol. The number of anilines is 1. The maximum Gasteiger partial charge on any atom is 0.273 e. The monoisotopic (exact) mass is 309 g/mol. The second-order valence-electron chi connectivity index (χ2n) is 4.87. The Morgan fingerprint density at radius 1 is 1.17 bits per heavy atom. The van der Waals surface area contributed by atoms with Crippen LogP contribution in [0.25, 0.3) is 11.3 Å². The standard InChI is InChI=1S/C17H15N3O3/c1-23-12-6-4-5-11(9-12)18-17(22)15-10-14(19-20-15)13-7-2-3-8-16(13)21/h2-10,21H,1H3,(H,18,22)(H,19,20). The molecule has 3 rings (SSSR count). The van der Waals surface area contributed by atoms with Crippen molar-refractivity contribution >= 4 is 11.6 Å². The van der Waals surface area contributed by atoms with Gasteiger partial charge in [0.05, 0.1) is 12.8 Å². The van der Waals surface area contributed by atoms with Crippen LogP contribution in [0, 0.1) is 0 Å². The summed E-state index contributed by atoms with van der Waals surface area (Å²) >= 11 is 0. The first-order chi connectivity index (χ1) is 11.2. The van der Waals surface area contributed by atoms with Crippen LogP contribution < -0.4 is 10.1 Å². The lowest BCUT2D eigenvalue weighted by molar-refractivity contribution is 0.102. The molecule has 1 aromatic heterocycles. The summed E-state index contributed by atoms with van der Waals surface area (Å²) in [6, 6.07) is 15.5. The van der Waals surface area contributed by atoms with Crippen molar-refractivity contribution in [3.8, 4) is 22.8 Å². The average Bonchev–Trinajstić information content (AvgIpc) is 3.05. The van der Waals surface area contributed by atoms with Gasteiger partial charge in [0.25, 0.3) is 5.91 Å². The summed E-state index contributed by atoms with van der Waals surface area (Å²) in [5.41, 5.74) is 1.97. The van der Waals surface area contributed by atoms with E-state index in [0.717, 1.165) is 0 Å². The number of amides is 1. The van der Waals surface area contributed by atoms with Crippen LogP contribution in [0.3, 0.4) is 0 Å². The van der Waals surface area contributed by atoms with Crippen LogP contribution in [-0.4, -0.2) is 28.3 Å². The quantitative estimate of drug-likeness (QED) is 0.691. The molecule has 0 spiro atoms. The van der Waals surface area contributed by atoms with Crippen LogP contribution in [0.15, 0.2) is 54.6 Å². The zero-order valence-electron chi connectivity index (χ0n) is 12.4. The molecule has 0 fully saturated rings. The number of H-pyrrole nitrogens is 1. The summed E-state index contributed by atoms with van der Waals surface area (Å²) in [6.07, 6.45) is 0. The van der Waals surface area contributed by atoms with Gasteiger partial charge in [-0.2, -0.15) is 5.10 Å². The van der Waals surface area contributed by atoms with Gasteiger partial charge in [0.2, 0.25) is 0 Å². The molecule has 3 aromatic rings. The van der Waals surface area contributed by atoms with Crippen LogP contribution in [-0.2, 0) is 0 Å². The molecule has 0 unspecified atom stereocenters. The topological polar surface area (TPSA) is 87.2 Å². The highest BCUT2D eigenvalue weighted by Gasteiger charge is 2.13. The number of aromatic amines is 1. The van der Waals surface area contributed by atoms with Crippen molar-refractivity contribution < 1.29 is 14.6 Å². The van der Waals surface area contributed by atoms with Crippen molar-refractivity contribution in [2.75, 3.05) is 12.4 Å². The van der Waals surface area contributed by atoms with Gasteiger partial charge >= 0.3 is 0 Å². The Kier molecular flexibility index (Phi) is 3.97. The number of ether oxygens (including phenoxy) is 1. The van der Waals surface area contributed by atoms with E-state index in [1.165, 1.54) is 0 Å². The van der Waals surface area contributed by atoms with E-state index in [1.807, 2.05) is 0 Å². The Balaban J connectivity index is 1.80. The molecule has 1 heterocycles. The highest BCUT2D eigenvalue weighted by Crippen LogP contribution is 2.27. The smallest absolute Gasteiger partial charge is 0.273 e. The number of phenols is 1. The van der Waals surface area contributed by atoms with Gasteiger partial charge in [-0.1, -0.05) is 18.2 Å². The molecule has 0 atom stereocenters. The molecule has 2 aromatic carbocycles. The number of nitrogens with one attached hydrogen (secondary N) is 2. The maximum atomic E-state index is 12.3. The second kappa shape index (κ2) is 6.23. The summed E-state index contributed by atoms with van der Waals surface area (Å²) in [7, 11) is 1.56. The zero-order valence-corrected chi connectivity index (χ0v) is 12.4. The minimum absolute atomic E-state index is 0.110. The van der Waals surface area contributed by atoms with Crippen LogP contribution >= 0.6 is 0 Å². The molecule has 0 saturated heterocycles. The van der Waals surface area contributed by atoms with Crippen molar-refractivity contribution in [3.05, 3.63) is 60.3 Å². The lowest BCUT2D eigenvalue weighted by Gasteiger charge is -2.05. The molecular weight excluding hydrogens is 294 g/mol. The Morgan fingerprint density at radius 3 is 2.78 bits per heavy atom. The Bertz CT molecular complexity index is 842. The minimum atomic E-state index is -0.326. The van der Waals surface area contributed by atoms with Gasteiger partial charge in [-0.05, 0) is 30.3 Å². The molecule has 0 aliphatic carbocycles. The molecule has 23 heavy (non-hydrogen) atoms. The zero-order chi connectivity index (χ0) is 16.2. The third-order valence-electron chi connectivity index (χ3n) is 3.33. The van der Waals surface area contributed by atoms with Crippen molar-refractivity contribution in [2.24, 2.45) is 0 Å². The predicted molar refractivity (Wildman–Crippen MR) is 86.6 cm³/mol. The van der Waals surface area contributed by atoms with E-state index in [1.54, 1.807) is 61.7 Å². The number of phenolic OH excluding ortho intramolecular Hbond substituents is 1. The Hall–Kier alpha value is -3.28. The highest BCUT2D eigenvalue weighted by molar-refractivity contribution is 6.03. The predicted octanol–water partition coefficient (Wildman–Crippen LogP) is 3.04. The van der Waals surface area contributed by atoms with E-state index >= 15 is 0 Å². The Labute approximate surface area is 132 Å². The third kappa shape index (κ3) is 3.16. The first-order valence-corrected chi connectivity index (χ1v) is 6.96. The molecule has 0 saturated carbocycles. The molecule has 6 nitrogen and oxygen atoms in total. The van der Waals surface area contributed by atoms with Crippen LogP contribution in [0.5, 0.6) is 11.5 Å². The van der Waals surface area contributed by atoms with Gasteiger partial charge in [0, 0.05) is 17.3 Å². The van der Waals surface area contributed by atoms with Crippen molar-refractivity contribution in [2.45, 2.75) is 0 Å². The number of hydrogen-bond acceptors (Lipinski definition) is 4. The summed E-state index contributed by atoms with van der Waals surface area (Å²) in [5.74, 6) is 0.438. The maximum absolute atomic E-state index is 12.3. The molecule has 0 radical (unpaired) electrons. The van der Waals surface area contributed by atoms with E-state index in [4.69, 9.17) is 4.74 Å². The fraction of sp³-hybridized carbons (Fsp3) is 0.0588. The van der Waals surface area contributed by atoms with E-state index in [2.05, 4.69) is 15.5 Å². The van der Waals surface area contributed by atoms with Crippen molar-refractivity contribution in [1.29, 1.82) is 0 Å². The van der Waals surface area contributed by atoms with Gasteiger partial charge in [-0.25, -0.2) is 0 Å². The molecule has 6 heteroatoms. The summed E-state index contributed by atoms with van der Waals surface area (Å²) in [5, 5.41) is 19.3. The summed E-state index contributed by atoms with van der Waals surface area (Å²) in [4.78, 5) is 12.3. The number of carbonyl (C=O) groups excluding carboxylic acids is 1. The number of hydrogen-bond donors (Lipinski definition) is 3. The summed E-state index contributed by atoms with van der Waals surface area (Å²) < 4.78 is 5.12. The van der Waals surface area contributed by atoms with Crippen molar-refractivity contribution in [1.82, 2.24) is 10.2 Å². The fourth-order valence-corrected chi connectivity index (χ4v) is 2.17. The highest BCUT2D eigenvalue weighted by atomic mass is 16.5. The molecule has 0 aliphatic heterocycles. The van der Waals surface area contributed by atoms with Gasteiger partial charge in [-0.15, -0.1) is 0 Å². The molecule has 0 bridgehead atoms. The molecule has 1 amide bonds. The molecule has 3 N–H and O–H groups in total. The van der Waals surface area contributed by atoms with E-state index < -0.39 is 0 Å². The Morgan fingerprint density at radius 2 is 2.00 bits per heavy atom. The molecule has 0 aliphatic rings. The first-order valence-electron chi connectivity index (χ1n) is 6.96. The van der Waals surface area contributed by atoms with Gasteiger partial charge < -0.3 is 15.2 Å². The molecular formula is C17H15N3O3. The number of para-hydroxylation sites is 1. The van der Waals surface area contributed by atoms with E-state index in [-0.39, 0.29) is 11.7 Å². The van der Waals surface area contributed by atoms with E-state index in [0.29, 0.717) is 28.4 Å². The first kappa shape index (κ1) is 14.6. The van der Waals surface area contributed by atoms with Crippen LogP contribution in [0.4, 0.5) is 5.69 Å². The second-order valence-corrected chi connectivity index (χ2v) is 4.87. The number of methoxy groups -OCH3 is 1. The van der Waals surface area contributed by atoms with Crippen LogP contribution in [0.2, 0.25) is 0 Å². The lowest BCUT2D eigenvalue weighted by atomic mass is 10.1. The van der Waals surface area contributed by atoms with E-state index in [9.17, 15) is 9.90 Å². The fourth-order valence-electron chi connectivity index (χ4n) is 2.17. The van der Waals surface area contributed by atoms with Gasteiger partial charge in [-0.3, -0.25) is 9.89 Å². The third-order valence-corrected chi connectivity index (χ3v) is 3.33. The SMILES string of the molecule is COc1cccc(NC(=O)c2cc(-c3ccccc3O)n[nH]2)c1. The van der Waals surface area contributed by atoms with Crippen LogP contribution in [0.1, 0.15) is 10.5 Å². The van der Waals surface area contributed by atoms with Gasteiger partial charge in [0.15, 0.2) is 0 Å². The van der Waals surface area contributed by atoms with Crippen molar-refractivity contribution in [3.63, 3.8) is 0 Å². The number of carbonyl (C=O) groups is 1. The number of aromatic hydroxyl groups is 1. The minimum Gasteiger partial charge on any atom is -0.507 e. The number of nitrogens with zero attached hydrogens (tertiary/aromatic N) is 1. The molecule has 116 valence electrons. The van der Waals surface area contributed by atoms with Gasteiger partial charge in [0.1, 0.15) is 17.2 Å².